The van der Waals surface area contributed by atoms with Crippen molar-refractivity contribution in [1.82, 2.24) is 0 Å². The first-order valence-electron chi connectivity index (χ1n) is 3.13. The van der Waals surface area contributed by atoms with Crippen LogP contribution in [0.4, 0.5) is 0 Å². The number of carbonyl (C=O) groups is 2. The minimum Gasteiger partial charge on any atom is -0.465 e. The molecule has 0 bridgehead atoms. The molecular weight excluding hydrogens is 324 g/mol. The van der Waals surface area contributed by atoms with E-state index in [4.69, 9.17) is 0 Å². The van der Waals surface area contributed by atoms with Crippen LogP contribution in [0.3, 0.4) is 0 Å². The Labute approximate surface area is 95.3 Å². The maximum Gasteiger partial charge on any atom is 0.348 e. The molecule has 0 fully saturated rings. The van der Waals surface area contributed by atoms with Crippen molar-refractivity contribution in [3.63, 3.8) is 0 Å². The number of carbonyl (C=O) groups excluding carboxylic acids is 2. The van der Waals surface area contributed by atoms with E-state index in [2.05, 4.69) is 36.6 Å². The van der Waals surface area contributed by atoms with Crippen molar-refractivity contribution in [2.45, 2.75) is 0 Å². The molecule has 0 spiro atoms. The largest absolute Gasteiger partial charge is 0.465 e. The van der Waals surface area contributed by atoms with Crippen molar-refractivity contribution >= 4 is 55.5 Å². The van der Waals surface area contributed by atoms with Crippen LogP contribution in [-0.4, -0.2) is 19.4 Å². The molecule has 1 aromatic heterocycles. The van der Waals surface area contributed by atoms with E-state index in [1.165, 1.54) is 7.11 Å². The van der Waals surface area contributed by atoms with E-state index in [0.29, 0.717) is 25.0 Å². The molecule has 0 unspecified atom stereocenters. The van der Waals surface area contributed by atoms with Gasteiger partial charge in [-0.3, -0.25) is 4.79 Å². The highest BCUT2D eigenvalue weighted by Crippen LogP contribution is 2.36. The van der Waals surface area contributed by atoms with E-state index in [0.717, 1.165) is 11.3 Å². The molecule has 0 aromatic carbocycles. The summed E-state index contributed by atoms with van der Waals surface area (Å²) >= 11 is 7.56. The lowest BCUT2D eigenvalue weighted by Crippen LogP contribution is -2.01. The van der Waals surface area contributed by atoms with E-state index in [-0.39, 0.29) is 0 Å². The third-order valence-corrected chi connectivity index (χ3v) is 4.81. The quantitative estimate of drug-likeness (QED) is 0.619. The van der Waals surface area contributed by atoms with E-state index in [1.807, 2.05) is 0 Å². The molecule has 13 heavy (non-hydrogen) atoms. The zero-order chi connectivity index (χ0) is 10.0. The van der Waals surface area contributed by atoms with Crippen LogP contribution in [0.1, 0.15) is 20.0 Å². The number of hydrogen-bond acceptors (Lipinski definition) is 4. The maximum absolute atomic E-state index is 11.1. The van der Waals surface area contributed by atoms with Gasteiger partial charge in [-0.25, -0.2) is 4.79 Å². The Morgan fingerprint density at radius 2 is 2.15 bits per heavy atom. The predicted molar refractivity (Wildman–Crippen MR) is 56.4 cm³/mol. The summed E-state index contributed by atoms with van der Waals surface area (Å²) in [6.07, 6.45) is 0.623. The highest BCUT2D eigenvalue weighted by Gasteiger charge is 2.20. The molecule has 0 atom stereocenters. The fourth-order valence-electron chi connectivity index (χ4n) is 0.745. The topological polar surface area (TPSA) is 43.4 Å². The first-order chi connectivity index (χ1) is 6.11. The Kier molecular flexibility index (Phi) is 3.63. The minimum absolute atomic E-state index is 0.302. The third-order valence-electron chi connectivity index (χ3n) is 1.33. The number of aldehydes is 1. The number of methoxy groups -OCH3 is 1. The molecule has 0 N–H and O–H groups in total. The van der Waals surface area contributed by atoms with Gasteiger partial charge in [0.2, 0.25) is 0 Å². The fourth-order valence-corrected chi connectivity index (χ4v) is 2.92. The number of rotatable bonds is 2. The normalized spacial score (nSPS) is 9.77. The fraction of sp³-hybridized carbons (Fsp3) is 0.143. The molecule has 0 saturated heterocycles. The van der Waals surface area contributed by atoms with Gasteiger partial charge in [-0.05, 0) is 31.9 Å². The van der Waals surface area contributed by atoms with Gasteiger partial charge in [-0.15, -0.1) is 11.3 Å². The molecule has 1 aromatic rings. The second kappa shape index (κ2) is 4.34. The molecule has 6 heteroatoms. The van der Waals surface area contributed by atoms with E-state index >= 15 is 0 Å². The Morgan fingerprint density at radius 3 is 2.62 bits per heavy atom. The van der Waals surface area contributed by atoms with Crippen LogP contribution in [0.15, 0.2) is 8.26 Å². The maximum atomic E-state index is 11.1. The monoisotopic (exact) mass is 326 g/mol. The average Bonchev–Trinajstić information content (AvgIpc) is 2.42. The summed E-state index contributed by atoms with van der Waals surface area (Å²) < 4.78 is 5.81. The summed E-state index contributed by atoms with van der Waals surface area (Å²) in [5.41, 5.74) is 0.323. The van der Waals surface area contributed by atoms with Crippen LogP contribution in [0.5, 0.6) is 0 Å². The van der Waals surface area contributed by atoms with Crippen molar-refractivity contribution in [1.29, 1.82) is 0 Å². The Balaban J connectivity index is 3.29. The molecule has 70 valence electrons. The molecule has 0 saturated carbocycles. The SMILES string of the molecule is COC(=O)c1sc(Br)c(Br)c1C=O. The number of ether oxygens (including phenoxy) is 1. The minimum atomic E-state index is -0.501. The van der Waals surface area contributed by atoms with E-state index < -0.39 is 5.97 Å². The summed E-state index contributed by atoms with van der Waals surface area (Å²) in [5.74, 6) is -0.501. The van der Waals surface area contributed by atoms with Crippen LogP contribution < -0.4 is 0 Å². The van der Waals surface area contributed by atoms with Gasteiger partial charge in [0, 0.05) is 0 Å². The number of thiophene rings is 1. The molecule has 3 nitrogen and oxygen atoms in total. The van der Waals surface area contributed by atoms with Gasteiger partial charge in [0.25, 0.3) is 0 Å². The van der Waals surface area contributed by atoms with Crippen LogP contribution in [0.2, 0.25) is 0 Å². The first-order valence-corrected chi connectivity index (χ1v) is 5.53. The zero-order valence-electron chi connectivity index (χ0n) is 6.47. The van der Waals surface area contributed by atoms with Crippen molar-refractivity contribution in [3.05, 3.63) is 18.7 Å². The zero-order valence-corrected chi connectivity index (χ0v) is 10.5. The van der Waals surface area contributed by atoms with E-state index in [9.17, 15) is 9.59 Å². The molecule has 0 aliphatic carbocycles. The molecule has 0 amide bonds. The molecule has 1 heterocycles. The van der Waals surface area contributed by atoms with Crippen molar-refractivity contribution < 1.29 is 14.3 Å². The lowest BCUT2D eigenvalue weighted by molar-refractivity contribution is 0.0604. The van der Waals surface area contributed by atoms with Crippen molar-refractivity contribution in [2.75, 3.05) is 7.11 Å². The van der Waals surface area contributed by atoms with Gasteiger partial charge < -0.3 is 4.74 Å². The van der Waals surface area contributed by atoms with Gasteiger partial charge in [-0.1, -0.05) is 0 Å². The molecule has 1 rings (SSSR count). The number of halogens is 2. The van der Waals surface area contributed by atoms with Gasteiger partial charge in [0.05, 0.1) is 20.9 Å². The summed E-state index contributed by atoms with van der Waals surface area (Å²) in [6.45, 7) is 0. The lowest BCUT2D eigenvalue weighted by Gasteiger charge is -1.94. The highest BCUT2D eigenvalue weighted by molar-refractivity contribution is 9.13. The molecule has 0 aliphatic rings. The van der Waals surface area contributed by atoms with Crippen LogP contribution in [-0.2, 0) is 4.74 Å². The Morgan fingerprint density at radius 1 is 1.54 bits per heavy atom. The molecule has 0 radical (unpaired) electrons. The third kappa shape index (κ3) is 2.00. The van der Waals surface area contributed by atoms with Crippen LogP contribution in [0.25, 0.3) is 0 Å². The van der Waals surface area contributed by atoms with Gasteiger partial charge in [0.1, 0.15) is 4.88 Å². The molecular formula is C7H4Br2O3S. The standard InChI is InChI=1S/C7H4Br2O3S/c1-12-7(11)5-3(2-10)4(8)6(9)13-5/h2H,1H3. The van der Waals surface area contributed by atoms with Crippen molar-refractivity contribution in [3.8, 4) is 0 Å². The van der Waals surface area contributed by atoms with Gasteiger partial charge >= 0.3 is 5.97 Å². The molecule has 0 aliphatic heterocycles. The average molecular weight is 328 g/mol. The summed E-state index contributed by atoms with van der Waals surface area (Å²) in [7, 11) is 1.28. The van der Waals surface area contributed by atoms with E-state index in [1.54, 1.807) is 0 Å². The lowest BCUT2D eigenvalue weighted by atomic mass is 10.3. The Bertz CT molecular complexity index is 359. The summed E-state index contributed by atoms with van der Waals surface area (Å²) in [5, 5.41) is 0. The highest BCUT2D eigenvalue weighted by atomic mass is 79.9. The first kappa shape index (κ1) is 10.9. The van der Waals surface area contributed by atoms with Crippen LogP contribution in [0, 0.1) is 0 Å². The van der Waals surface area contributed by atoms with Gasteiger partial charge in [-0.2, -0.15) is 0 Å². The van der Waals surface area contributed by atoms with Gasteiger partial charge in [0.15, 0.2) is 6.29 Å². The summed E-state index contributed by atoms with van der Waals surface area (Å²) in [6, 6.07) is 0. The summed E-state index contributed by atoms with van der Waals surface area (Å²) in [4.78, 5) is 22.1. The number of hydrogen-bond donors (Lipinski definition) is 0. The second-order valence-electron chi connectivity index (χ2n) is 2.04. The smallest absolute Gasteiger partial charge is 0.348 e. The van der Waals surface area contributed by atoms with Crippen molar-refractivity contribution in [2.24, 2.45) is 0 Å². The Hall–Kier alpha value is -0.200. The second-order valence-corrected chi connectivity index (χ2v) is 5.17. The predicted octanol–water partition coefficient (Wildman–Crippen LogP) is 2.87. The van der Waals surface area contributed by atoms with Crippen LogP contribution >= 0.6 is 43.2 Å². The number of esters is 1.